The predicted molar refractivity (Wildman–Crippen MR) is 91.8 cm³/mol. The van der Waals surface area contributed by atoms with Crippen molar-refractivity contribution >= 4 is 17.5 Å². The summed E-state index contributed by atoms with van der Waals surface area (Å²) in [7, 11) is 3.18. The summed E-state index contributed by atoms with van der Waals surface area (Å²) in [4.78, 5) is 14.6. The third-order valence-corrected chi connectivity index (χ3v) is 4.79. The Morgan fingerprint density at radius 1 is 1.25 bits per heavy atom. The zero-order valence-corrected chi connectivity index (χ0v) is 14.4. The Morgan fingerprint density at radius 2 is 1.92 bits per heavy atom. The molecule has 0 bridgehead atoms. The summed E-state index contributed by atoms with van der Waals surface area (Å²) in [5, 5.41) is 0.657. The molecule has 126 valence electrons. The highest BCUT2D eigenvalue weighted by Gasteiger charge is 2.52. The van der Waals surface area contributed by atoms with Crippen LogP contribution in [0.3, 0.4) is 0 Å². The zero-order valence-electron chi connectivity index (χ0n) is 13.7. The number of benzene rings is 2. The Bertz CT molecular complexity index is 756. The van der Waals surface area contributed by atoms with Gasteiger partial charge >= 0.3 is 0 Å². The van der Waals surface area contributed by atoms with Crippen molar-refractivity contribution in [3.05, 3.63) is 64.4 Å². The second-order valence-electron chi connectivity index (χ2n) is 6.22. The number of carbonyl (C=O) groups is 1. The summed E-state index contributed by atoms with van der Waals surface area (Å²) < 4.78 is 18.7. The topological polar surface area (TPSA) is 29.5 Å². The van der Waals surface area contributed by atoms with Gasteiger partial charge in [0.1, 0.15) is 0 Å². The Balaban J connectivity index is 1.75. The summed E-state index contributed by atoms with van der Waals surface area (Å²) >= 11 is 5.93. The van der Waals surface area contributed by atoms with Gasteiger partial charge in [-0.25, -0.2) is 4.39 Å². The minimum absolute atomic E-state index is 0.0565. The molecule has 5 heteroatoms. The number of carbonyl (C=O) groups excluding carboxylic acids is 1. The van der Waals surface area contributed by atoms with Crippen molar-refractivity contribution in [2.75, 3.05) is 14.2 Å². The van der Waals surface area contributed by atoms with Gasteiger partial charge in [0.2, 0.25) is 5.91 Å². The van der Waals surface area contributed by atoms with Crippen LogP contribution in [-0.2, 0) is 16.8 Å². The Hall–Kier alpha value is -2.07. The highest BCUT2D eigenvalue weighted by atomic mass is 35.5. The van der Waals surface area contributed by atoms with E-state index in [1.54, 1.807) is 24.1 Å². The lowest BCUT2D eigenvalue weighted by Gasteiger charge is -2.24. The van der Waals surface area contributed by atoms with Gasteiger partial charge in [-0.3, -0.25) is 4.79 Å². The average molecular weight is 348 g/mol. The van der Waals surface area contributed by atoms with Crippen LogP contribution < -0.4 is 4.74 Å². The number of amides is 1. The molecule has 24 heavy (non-hydrogen) atoms. The Morgan fingerprint density at radius 3 is 2.46 bits per heavy atom. The fourth-order valence-corrected chi connectivity index (χ4v) is 3.17. The van der Waals surface area contributed by atoms with Gasteiger partial charge in [-0.05, 0) is 48.2 Å². The highest BCUT2D eigenvalue weighted by molar-refractivity contribution is 6.30. The van der Waals surface area contributed by atoms with Gasteiger partial charge in [0.15, 0.2) is 11.6 Å². The first-order chi connectivity index (χ1) is 11.5. The van der Waals surface area contributed by atoms with E-state index in [0.717, 1.165) is 24.0 Å². The smallest absolute Gasteiger partial charge is 0.233 e. The summed E-state index contributed by atoms with van der Waals surface area (Å²) in [6, 6.07) is 12.2. The molecule has 2 aromatic rings. The van der Waals surface area contributed by atoms with Crippen molar-refractivity contribution in [1.82, 2.24) is 4.90 Å². The van der Waals surface area contributed by atoms with Gasteiger partial charge in [-0.2, -0.15) is 0 Å². The summed E-state index contributed by atoms with van der Waals surface area (Å²) in [5.41, 5.74) is 1.27. The zero-order chi connectivity index (χ0) is 17.3. The lowest BCUT2D eigenvalue weighted by Crippen LogP contribution is -2.36. The molecule has 1 fully saturated rings. The lowest BCUT2D eigenvalue weighted by atomic mass is 9.94. The van der Waals surface area contributed by atoms with Crippen LogP contribution in [-0.4, -0.2) is 25.0 Å². The molecule has 0 aliphatic heterocycles. The molecule has 0 radical (unpaired) electrons. The van der Waals surface area contributed by atoms with E-state index < -0.39 is 11.2 Å². The lowest BCUT2D eigenvalue weighted by molar-refractivity contribution is -0.133. The first-order valence-electron chi connectivity index (χ1n) is 7.80. The quantitative estimate of drug-likeness (QED) is 0.812. The van der Waals surface area contributed by atoms with Crippen LogP contribution >= 0.6 is 11.6 Å². The number of halogens is 2. The van der Waals surface area contributed by atoms with E-state index in [0.29, 0.717) is 11.6 Å². The molecule has 0 N–H and O–H groups in total. The average Bonchev–Trinajstić information content (AvgIpc) is 3.36. The van der Waals surface area contributed by atoms with Gasteiger partial charge in [-0.1, -0.05) is 29.8 Å². The first-order valence-corrected chi connectivity index (χ1v) is 8.18. The first kappa shape index (κ1) is 16.8. The molecule has 2 aromatic carbocycles. The molecule has 1 aliphatic rings. The molecular weight excluding hydrogens is 329 g/mol. The van der Waals surface area contributed by atoms with Gasteiger partial charge in [-0.15, -0.1) is 0 Å². The van der Waals surface area contributed by atoms with Gasteiger partial charge in [0.05, 0.1) is 12.5 Å². The van der Waals surface area contributed by atoms with Crippen LogP contribution in [0.15, 0.2) is 42.5 Å². The number of methoxy groups -OCH3 is 1. The van der Waals surface area contributed by atoms with E-state index in [1.165, 1.54) is 13.2 Å². The molecule has 0 unspecified atom stereocenters. The van der Waals surface area contributed by atoms with Crippen molar-refractivity contribution in [2.24, 2.45) is 0 Å². The minimum atomic E-state index is -0.454. The summed E-state index contributed by atoms with van der Waals surface area (Å²) in [6.07, 6.45) is 1.66. The fourth-order valence-electron chi connectivity index (χ4n) is 3.04. The maximum atomic E-state index is 13.8. The number of ether oxygens (including phenoxy) is 1. The molecule has 1 saturated carbocycles. The molecule has 1 aliphatic carbocycles. The van der Waals surface area contributed by atoms with Crippen molar-refractivity contribution < 1.29 is 13.9 Å². The maximum Gasteiger partial charge on any atom is 0.233 e. The van der Waals surface area contributed by atoms with Crippen molar-refractivity contribution in [3.8, 4) is 5.75 Å². The monoisotopic (exact) mass is 347 g/mol. The normalized spacial score (nSPS) is 15.0. The van der Waals surface area contributed by atoms with E-state index in [-0.39, 0.29) is 11.7 Å². The molecule has 0 saturated heterocycles. The third kappa shape index (κ3) is 3.11. The highest BCUT2D eigenvalue weighted by Crippen LogP contribution is 2.49. The SMILES string of the molecule is COc1ccc(CN(C)C(=O)C2(c3ccc(Cl)cc3)CC2)cc1F. The van der Waals surface area contributed by atoms with Crippen molar-refractivity contribution in [3.63, 3.8) is 0 Å². The van der Waals surface area contributed by atoms with E-state index in [4.69, 9.17) is 16.3 Å². The Kier molecular flexibility index (Phi) is 4.50. The van der Waals surface area contributed by atoms with E-state index >= 15 is 0 Å². The fraction of sp³-hybridized carbons (Fsp3) is 0.316. The van der Waals surface area contributed by atoms with Gasteiger partial charge < -0.3 is 9.64 Å². The molecule has 1 amide bonds. The standard InChI is InChI=1S/C19H19ClFNO2/c1-22(12-13-3-8-17(24-2)16(21)11-13)18(23)19(9-10-19)14-4-6-15(20)7-5-14/h3-8,11H,9-10,12H2,1-2H3. The van der Waals surface area contributed by atoms with Crippen LogP contribution in [0.25, 0.3) is 0 Å². The van der Waals surface area contributed by atoms with Crippen LogP contribution in [0.5, 0.6) is 5.75 Å². The number of hydrogen-bond acceptors (Lipinski definition) is 2. The molecular formula is C19H19ClFNO2. The van der Waals surface area contributed by atoms with E-state index in [9.17, 15) is 9.18 Å². The molecule has 0 spiro atoms. The summed E-state index contributed by atoms with van der Waals surface area (Å²) in [6.45, 7) is 0.356. The van der Waals surface area contributed by atoms with Crippen LogP contribution in [0.1, 0.15) is 24.0 Å². The number of rotatable bonds is 5. The van der Waals surface area contributed by atoms with Crippen molar-refractivity contribution in [2.45, 2.75) is 24.8 Å². The number of likely N-dealkylation sites (N-methyl/N-ethyl adjacent to an activating group) is 1. The number of hydrogen-bond donors (Lipinski definition) is 0. The van der Waals surface area contributed by atoms with Crippen LogP contribution in [0.4, 0.5) is 4.39 Å². The number of nitrogens with zero attached hydrogens (tertiary/aromatic N) is 1. The predicted octanol–water partition coefficient (Wildman–Crippen LogP) is 4.18. The minimum Gasteiger partial charge on any atom is -0.494 e. The van der Waals surface area contributed by atoms with E-state index in [2.05, 4.69) is 0 Å². The Labute approximate surface area is 146 Å². The van der Waals surface area contributed by atoms with Crippen molar-refractivity contribution in [1.29, 1.82) is 0 Å². The van der Waals surface area contributed by atoms with Gasteiger partial charge in [0, 0.05) is 18.6 Å². The molecule has 0 heterocycles. The van der Waals surface area contributed by atoms with Crippen LogP contribution in [0.2, 0.25) is 5.02 Å². The molecule has 3 rings (SSSR count). The van der Waals surface area contributed by atoms with E-state index in [1.807, 2.05) is 24.3 Å². The second kappa shape index (κ2) is 6.44. The maximum absolute atomic E-state index is 13.8. The van der Waals surface area contributed by atoms with Crippen LogP contribution in [0, 0.1) is 5.82 Å². The third-order valence-electron chi connectivity index (χ3n) is 4.54. The molecule has 3 nitrogen and oxygen atoms in total. The summed E-state index contributed by atoms with van der Waals surface area (Å²) in [5.74, 6) is -0.164. The largest absolute Gasteiger partial charge is 0.494 e. The molecule has 0 aromatic heterocycles. The second-order valence-corrected chi connectivity index (χ2v) is 6.66. The molecule has 0 atom stereocenters. The van der Waals surface area contributed by atoms with Gasteiger partial charge in [0.25, 0.3) is 0 Å².